The van der Waals surface area contributed by atoms with Gasteiger partial charge in [-0.3, -0.25) is 9.78 Å². The zero-order chi connectivity index (χ0) is 17.9. The summed E-state index contributed by atoms with van der Waals surface area (Å²) >= 11 is 0. The van der Waals surface area contributed by atoms with Crippen molar-refractivity contribution in [1.82, 2.24) is 19.4 Å². The van der Waals surface area contributed by atoms with Gasteiger partial charge in [0.15, 0.2) is 0 Å². The molecule has 1 aliphatic heterocycles. The molecule has 5 heteroatoms. The van der Waals surface area contributed by atoms with Crippen molar-refractivity contribution >= 4 is 5.91 Å². The van der Waals surface area contributed by atoms with Crippen molar-refractivity contribution < 1.29 is 4.79 Å². The number of carbonyl (C=O) groups excluding carboxylic acids is 1. The summed E-state index contributed by atoms with van der Waals surface area (Å²) in [7, 11) is 0. The lowest BCUT2D eigenvalue weighted by Crippen LogP contribution is -2.39. The summed E-state index contributed by atoms with van der Waals surface area (Å²) in [6, 6.07) is 12.4. The van der Waals surface area contributed by atoms with Gasteiger partial charge in [-0.1, -0.05) is 37.3 Å². The Morgan fingerprint density at radius 2 is 2.08 bits per heavy atom. The third-order valence-corrected chi connectivity index (χ3v) is 4.98. The van der Waals surface area contributed by atoms with E-state index in [-0.39, 0.29) is 11.8 Å². The minimum Gasteiger partial charge on any atom is -0.337 e. The maximum atomic E-state index is 12.4. The van der Waals surface area contributed by atoms with E-state index in [1.165, 1.54) is 11.1 Å². The van der Waals surface area contributed by atoms with E-state index in [0.29, 0.717) is 19.5 Å². The van der Waals surface area contributed by atoms with Gasteiger partial charge in [-0.2, -0.15) is 0 Å². The maximum Gasteiger partial charge on any atom is 0.222 e. The van der Waals surface area contributed by atoms with Crippen molar-refractivity contribution in [1.29, 1.82) is 0 Å². The Morgan fingerprint density at radius 1 is 1.19 bits per heavy atom. The quantitative estimate of drug-likeness (QED) is 0.729. The van der Waals surface area contributed by atoms with Crippen LogP contribution in [0, 0.1) is 0 Å². The van der Waals surface area contributed by atoms with E-state index in [2.05, 4.69) is 38.8 Å². The number of imidazole rings is 1. The fourth-order valence-electron chi connectivity index (χ4n) is 3.69. The highest BCUT2D eigenvalue weighted by Gasteiger charge is 2.30. The highest BCUT2D eigenvalue weighted by Crippen LogP contribution is 2.33. The van der Waals surface area contributed by atoms with Gasteiger partial charge in [0.05, 0.1) is 12.5 Å². The summed E-state index contributed by atoms with van der Waals surface area (Å²) in [5.41, 5.74) is 3.62. The molecule has 0 fully saturated rings. The Hall–Kier alpha value is -2.95. The normalized spacial score (nSPS) is 16.3. The Labute approximate surface area is 153 Å². The van der Waals surface area contributed by atoms with E-state index >= 15 is 0 Å². The molecule has 0 aliphatic carbocycles. The third kappa shape index (κ3) is 3.12. The largest absolute Gasteiger partial charge is 0.337 e. The van der Waals surface area contributed by atoms with Crippen molar-refractivity contribution in [2.75, 3.05) is 6.54 Å². The number of hydrogen-bond acceptors (Lipinski definition) is 3. The molecular weight excluding hydrogens is 324 g/mol. The first-order chi connectivity index (χ1) is 12.8. The first-order valence-electron chi connectivity index (χ1n) is 9.01. The number of rotatable bonds is 4. The second kappa shape index (κ2) is 7.12. The lowest BCUT2D eigenvalue weighted by Gasteiger charge is -2.34. The van der Waals surface area contributed by atoms with Gasteiger partial charge in [0.25, 0.3) is 0 Å². The standard InChI is InChI=1S/C21H22N4O/c1-2-20(26)25-14-17-7-3-4-8-18(17)19(15-25)21-23-10-11-24(21)13-16-6-5-9-22-12-16/h3-12,19H,2,13-15H2,1H3. The summed E-state index contributed by atoms with van der Waals surface area (Å²) in [6.45, 7) is 4.00. The fraction of sp³-hybridized carbons (Fsp3) is 0.286. The third-order valence-electron chi connectivity index (χ3n) is 4.98. The van der Waals surface area contributed by atoms with Gasteiger partial charge in [-0.25, -0.2) is 4.98 Å². The highest BCUT2D eigenvalue weighted by molar-refractivity contribution is 5.76. The Kier molecular flexibility index (Phi) is 4.52. The van der Waals surface area contributed by atoms with Crippen molar-refractivity contribution in [3.63, 3.8) is 0 Å². The molecule has 1 aromatic carbocycles. The minimum atomic E-state index is 0.0853. The Balaban J connectivity index is 1.71. The molecule has 4 rings (SSSR count). The Morgan fingerprint density at radius 3 is 2.88 bits per heavy atom. The van der Waals surface area contributed by atoms with Gasteiger partial charge in [-0.15, -0.1) is 0 Å². The van der Waals surface area contributed by atoms with E-state index in [9.17, 15) is 4.79 Å². The topological polar surface area (TPSA) is 51.0 Å². The average Bonchev–Trinajstić information content (AvgIpc) is 3.15. The van der Waals surface area contributed by atoms with E-state index in [4.69, 9.17) is 0 Å². The fourth-order valence-corrected chi connectivity index (χ4v) is 3.69. The van der Waals surface area contributed by atoms with Gasteiger partial charge in [-0.05, 0) is 22.8 Å². The highest BCUT2D eigenvalue weighted by atomic mass is 16.2. The molecule has 0 radical (unpaired) electrons. The summed E-state index contributed by atoms with van der Waals surface area (Å²) in [6.07, 6.45) is 8.04. The van der Waals surface area contributed by atoms with E-state index in [1.54, 1.807) is 6.20 Å². The van der Waals surface area contributed by atoms with Crippen LogP contribution in [0.15, 0.2) is 61.2 Å². The number of hydrogen-bond donors (Lipinski definition) is 0. The number of nitrogens with zero attached hydrogens (tertiary/aromatic N) is 4. The molecule has 1 unspecified atom stereocenters. The van der Waals surface area contributed by atoms with Gasteiger partial charge in [0.1, 0.15) is 5.82 Å². The number of amides is 1. The number of aromatic nitrogens is 3. The molecule has 1 atom stereocenters. The molecule has 1 aliphatic rings. The minimum absolute atomic E-state index is 0.0853. The molecule has 0 N–H and O–H groups in total. The maximum absolute atomic E-state index is 12.4. The van der Waals surface area contributed by atoms with Crippen LogP contribution in [0.25, 0.3) is 0 Å². The summed E-state index contributed by atoms with van der Waals surface area (Å²) in [5.74, 6) is 1.27. The molecular formula is C21H22N4O. The predicted octanol–water partition coefficient (Wildman–Crippen LogP) is 3.21. The zero-order valence-corrected chi connectivity index (χ0v) is 14.9. The summed E-state index contributed by atoms with van der Waals surface area (Å²) in [4.78, 5) is 23.2. The second-order valence-electron chi connectivity index (χ2n) is 6.65. The number of carbonyl (C=O) groups is 1. The lowest BCUT2D eigenvalue weighted by atomic mass is 9.88. The van der Waals surface area contributed by atoms with Gasteiger partial charge in [0.2, 0.25) is 5.91 Å². The Bertz CT molecular complexity index is 903. The van der Waals surface area contributed by atoms with Crippen LogP contribution < -0.4 is 0 Å². The lowest BCUT2D eigenvalue weighted by molar-refractivity contribution is -0.132. The molecule has 0 saturated heterocycles. The molecule has 1 amide bonds. The van der Waals surface area contributed by atoms with Crippen LogP contribution in [0.4, 0.5) is 0 Å². The first-order valence-corrected chi connectivity index (χ1v) is 9.01. The SMILES string of the molecule is CCC(=O)N1Cc2ccccc2C(c2nccn2Cc2cccnc2)C1. The number of pyridine rings is 1. The molecule has 2 aromatic heterocycles. The molecule has 26 heavy (non-hydrogen) atoms. The van der Waals surface area contributed by atoms with Crippen molar-refractivity contribution in [2.24, 2.45) is 0 Å². The second-order valence-corrected chi connectivity index (χ2v) is 6.65. The summed E-state index contributed by atoms with van der Waals surface area (Å²) in [5, 5.41) is 0. The monoisotopic (exact) mass is 346 g/mol. The van der Waals surface area contributed by atoms with Crippen LogP contribution in [0.3, 0.4) is 0 Å². The molecule has 3 heterocycles. The van der Waals surface area contributed by atoms with Crippen LogP contribution in [0.5, 0.6) is 0 Å². The van der Waals surface area contributed by atoms with E-state index in [1.807, 2.05) is 42.5 Å². The smallest absolute Gasteiger partial charge is 0.222 e. The van der Waals surface area contributed by atoms with E-state index < -0.39 is 0 Å². The average molecular weight is 346 g/mol. The summed E-state index contributed by atoms with van der Waals surface area (Å²) < 4.78 is 2.17. The van der Waals surface area contributed by atoms with Crippen LogP contribution in [0.1, 0.15) is 41.8 Å². The van der Waals surface area contributed by atoms with Crippen molar-refractivity contribution in [3.8, 4) is 0 Å². The zero-order valence-electron chi connectivity index (χ0n) is 14.9. The van der Waals surface area contributed by atoms with Gasteiger partial charge >= 0.3 is 0 Å². The molecule has 0 saturated carbocycles. The predicted molar refractivity (Wildman–Crippen MR) is 99.6 cm³/mol. The molecule has 132 valence electrons. The number of benzene rings is 1. The van der Waals surface area contributed by atoms with Gasteiger partial charge in [0, 0.05) is 44.3 Å². The van der Waals surface area contributed by atoms with Crippen LogP contribution >= 0.6 is 0 Å². The van der Waals surface area contributed by atoms with Crippen LogP contribution in [-0.4, -0.2) is 31.9 Å². The molecule has 5 nitrogen and oxygen atoms in total. The van der Waals surface area contributed by atoms with Crippen molar-refractivity contribution in [3.05, 3.63) is 83.7 Å². The molecule has 3 aromatic rings. The van der Waals surface area contributed by atoms with Crippen LogP contribution in [-0.2, 0) is 17.9 Å². The van der Waals surface area contributed by atoms with E-state index in [0.717, 1.165) is 17.9 Å². The first kappa shape index (κ1) is 16.5. The van der Waals surface area contributed by atoms with Crippen molar-refractivity contribution in [2.45, 2.75) is 32.4 Å². The number of fused-ring (bicyclic) bond motifs is 1. The van der Waals surface area contributed by atoms with Gasteiger partial charge < -0.3 is 9.47 Å². The molecule has 0 spiro atoms. The van der Waals surface area contributed by atoms with Crippen LogP contribution in [0.2, 0.25) is 0 Å². The molecule has 0 bridgehead atoms.